The number of aromatic nitrogens is 1. The van der Waals surface area contributed by atoms with Gasteiger partial charge in [0.25, 0.3) is 0 Å². The van der Waals surface area contributed by atoms with Gasteiger partial charge in [0.1, 0.15) is 5.82 Å². The first-order valence-corrected chi connectivity index (χ1v) is 8.91. The van der Waals surface area contributed by atoms with Gasteiger partial charge in [-0.1, -0.05) is 18.2 Å². The third-order valence-electron chi connectivity index (χ3n) is 5.12. The number of fused-ring (bicyclic) bond motifs is 1. The van der Waals surface area contributed by atoms with Crippen LogP contribution in [0, 0.1) is 5.82 Å². The first-order valence-electron chi connectivity index (χ1n) is 8.91. The summed E-state index contributed by atoms with van der Waals surface area (Å²) in [5, 5.41) is 0. The van der Waals surface area contributed by atoms with E-state index in [9.17, 15) is 4.39 Å². The van der Waals surface area contributed by atoms with E-state index in [4.69, 9.17) is 9.47 Å². The summed E-state index contributed by atoms with van der Waals surface area (Å²) in [6.45, 7) is 2.98. The van der Waals surface area contributed by atoms with Crippen LogP contribution < -0.4 is 0 Å². The predicted molar refractivity (Wildman–Crippen MR) is 92.4 cm³/mol. The van der Waals surface area contributed by atoms with Gasteiger partial charge in [0.15, 0.2) is 0 Å². The normalized spacial score (nSPS) is 26.5. The summed E-state index contributed by atoms with van der Waals surface area (Å²) in [7, 11) is 0. The fourth-order valence-corrected chi connectivity index (χ4v) is 3.87. The van der Waals surface area contributed by atoms with Crippen LogP contribution in [0.5, 0.6) is 0 Å². The largest absolute Gasteiger partial charge is 0.373 e. The zero-order valence-electron chi connectivity index (χ0n) is 14.2. The Morgan fingerprint density at radius 3 is 2.84 bits per heavy atom. The molecule has 0 bridgehead atoms. The smallest absolute Gasteiger partial charge is 0.123 e. The van der Waals surface area contributed by atoms with Gasteiger partial charge in [-0.05, 0) is 42.7 Å². The highest BCUT2D eigenvalue weighted by molar-refractivity contribution is 5.16. The molecule has 2 aromatic rings. The lowest BCUT2D eigenvalue weighted by Crippen LogP contribution is -2.51. The second-order valence-electron chi connectivity index (χ2n) is 6.75. The molecule has 0 spiro atoms. The quantitative estimate of drug-likeness (QED) is 0.836. The van der Waals surface area contributed by atoms with Crippen molar-refractivity contribution in [3.05, 3.63) is 65.7 Å². The molecule has 1 aliphatic carbocycles. The van der Waals surface area contributed by atoms with E-state index < -0.39 is 0 Å². The van der Waals surface area contributed by atoms with E-state index in [-0.39, 0.29) is 18.0 Å². The molecule has 0 N–H and O–H groups in total. The first kappa shape index (κ1) is 16.6. The van der Waals surface area contributed by atoms with Crippen LogP contribution in [0.15, 0.2) is 48.7 Å². The Hall–Kier alpha value is -1.82. The van der Waals surface area contributed by atoms with Crippen molar-refractivity contribution in [2.45, 2.75) is 44.2 Å². The standard InChI is InChI=1S/C20H23FN2O2/c21-16-6-4-15(5-7-16)13-23-11-12-24-20-18(23)8-9-19(20)25-14-17-3-1-2-10-22-17/h1-7,10,18-20H,8-9,11-14H2/t18-,19-,20+/m0/s1. The fraction of sp³-hybridized carbons (Fsp3) is 0.450. The van der Waals surface area contributed by atoms with Gasteiger partial charge in [0, 0.05) is 25.3 Å². The topological polar surface area (TPSA) is 34.6 Å². The van der Waals surface area contributed by atoms with E-state index >= 15 is 0 Å². The van der Waals surface area contributed by atoms with Gasteiger partial charge >= 0.3 is 0 Å². The number of benzene rings is 1. The molecule has 132 valence electrons. The summed E-state index contributed by atoms with van der Waals surface area (Å²) in [6.07, 6.45) is 4.08. The average Bonchev–Trinajstić information content (AvgIpc) is 3.07. The van der Waals surface area contributed by atoms with Gasteiger partial charge in [-0.3, -0.25) is 9.88 Å². The third kappa shape index (κ3) is 3.89. The number of ether oxygens (including phenoxy) is 2. The Morgan fingerprint density at radius 2 is 2.04 bits per heavy atom. The van der Waals surface area contributed by atoms with Gasteiger partial charge in [0.2, 0.25) is 0 Å². The molecular formula is C20H23FN2O2. The van der Waals surface area contributed by atoms with Crippen molar-refractivity contribution < 1.29 is 13.9 Å². The van der Waals surface area contributed by atoms with E-state index in [1.165, 1.54) is 12.1 Å². The molecule has 0 amide bonds. The predicted octanol–water partition coefficient (Wildman–Crippen LogP) is 3.17. The monoisotopic (exact) mass is 342 g/mol. The lowest BCUT2D eigenvalue weighted by molar-refractivity contribution is -0.119. The van der Waals surface area contributed by atoms with E-state index in [1.54, 1.807) is 6.20 Å². The Bertz CT molecular complexity index is 680. The maximum atomic E-state index is 13.1. The third-order valence-corrected chi connectivity index (χ3v) is 5.12. The number of hydrogen-bond donors (Lipinski definition) is 0. The zero-order valence-corrected chi connectivity index (χ0v) is 14.2. The number of rotatable bonds is 5. The van der Waals surface area contributed by atoms with Crippen molar-refractivity contribution in [1.29, 1.82) is 0 Å². The molecule has 1 saturated heterocycles. The molecule has 4 nitrogen and oxygen atoms in total. The maximum absolute atomic E-state index is 13.1. The molecule has 2 aliphatic rings. The summed E-state index contributed by atoms with van der Waals surface area (Å²) < 4.78 is 25.3. The number of halogens is 1. The van der Waals surface area contributed by atoms with Crippen LogP contribution in [0.25, 0.3) is 0 Å². The molecule has 0 unspecified atom stereocenters. The molecule has 25 heavy (non-hydrogen) atoms. The van der Waals surface area contributed by atoms with E-state index in [2.05, 4.69) is 9.88 Å². The number of morpholine rings is 1. The summed E-state index contributed by atoms with van der Waals surface area (Å²) in [5.74, 6) is -0.188. The highest BCUT2D eigenvalue weighted by atomic mass is 19.1. The molecule has 1 aliphatic heterocycles. The molecular weight excluding hydrogens is 319 g/mol. The van der Waals surface area contributed by atoms with Crippen LogP contribution in [0.3, 0.4) is 0 Å². The summed E-state index contributed by atoms with van der Waals surface area (Å²) in [5.41, 5.74) is 2.09. The van der Waals surface area contributed by atoms with Crippen LogP contribution >= 0.6 is 0 Å². The van der Waals surface area contributed by atoms with Crippen molar-refractivity contribution in [2.24, 2.45) is 0 Å². The van der Waals surface area contributed by atoms with Crippen LogP contribution in [-0.2, 0) is 22.6 Å². The Labute approximate surface area is 147 Å². The summed E-state index contributed by atoms with van der Waals surface area (Å²) in [6, 6.07) is 13.0. The van der Waals surface area contributed by atoms with Gasteiger partial charge in [-0.2, -0.15) is 0 Å². The first-order chi connectivity index (χ1) is 12.3. The van der Waals surface area contributed by atoms with E-state index in [0.717, 1.165) is 37.2 Å². The maximum Gasteiger partial charge on any atom is 0.123 e. The minimum absolute atomic E-state index is 0.109. The Kier molecular flexibility index (Phi) is 5.06. The van der Waals surface area contributed by atoms with Crippen molar-refractivity contribution in [1.82, 2.24) is 9.88 Å². The molecule has 4 rings (SSSR count). The van der Waals surface area contributed by atoms with Crippen LogP contribution in [0.1, 0.15) is 24.1 Å². The van der Waals surface area contributed by atoms with Crippen molar-refractivity contribution in [2.75, 3.05) is 13.2 Å². The van der Waals surface area contributed by atoms with Gasteiger partial charge in [-0.15, -0.1) is 0 Å². The molecule has 5 heteroatoms. The zero-order chi connectivity index (χ0) is 17.1. The molecule has 1 aromatic carbocycles. The Balaban J connectivity index is 1.37. The van der Waals surface area contributed by atoms with Crippen molar-refractivity contribution >= 4 is 0 Å². The lowest BCUT2D eigenvalue weighted by atomic mass is 10.1. The number of nitrogens with zero attached hydrogens (tertiary/aromatic N) is 2. The minimum atomic E-state index is -0.188. The van der Waals surface area contributed by atoms with E-state index in [0.29, 0.717) is 19.3 Å². The molecule has 1 aromatic heterocycles. The molecule has 2 heterocycles. The number of hydrogen-bond acceptors (Lipinski definition) is 4. The Morgan fingerprint density at radius 1 is 1.16 bits per heavy atom. The lowest BCUT2D eigenvalue weighted by Gasteiger charge is -2.39. The van der Waals surface area contributed by atoms with Gasteiger partial charge < -0.3 is 9.47 Å². The molecule has 1 saturated carbocycles. The summed E-state index contributed by atoms with van der Waals surface area (Å²) in [4.78, 5) is 6.76. The molecule has 3 atom stereocenters. The van der Waals surface area contributed by atoms with Crippen molar-refractivity contribution in [3.63, 3.8) is 0 Å². The van der Waals surface area contributed by atoms with Crippen LogP contribution in [0.2, 0.25) is 0 Å². The average molecular weight is 342 g/mol. The van der Waals surface area contributed by atoms with E-state index in [1.807, 2.05) is 30.3 Å². The van der Waals surface area contributed by atoms with Crippen molar-refractivity contribution in [3.8, 4) is 0 Å². The fourth-order valence-electron chi connectivity index (χ4n) is 3.87. The second-order valence-corrected chi connectivity index (χ2v) is 6.75. The molecule has 0 radical (unpaired) electrons. The SMILES string of the molecule is Fc1ccc(CN2CCO[C@H]3[C@@H](OCc4ccccn4)CC[C@@H]32)cc1. The molecule has 2 fully saturated rings. The second kappa shape index (κ2) is 7.60. The highest BCUT2D eigenvalue weighted by Crippen LogP contribution is 2.33. The minimum Gasteiger partial charge on any atom is -0.373 e. The number of pyridine rings is 1. The van der Waals surface area contributed by atoms with Gasteiger partial charge in [0.05, 0.1) is 31.1 Å². The summed E-state index contributed by atoms with van der Waals surface area (Å²) >= 11 is 0. The van der Waals surface area contributed by atoms with Gasteiger partial charge in [-0.25, -0.2) is 4.39 Å². The van der Waals surface area contributed by atoms with Crippen LogP contribution in [0.4, 0.5) is 4.39 Å². The highest BCUT2D eigenvalue weighted by Gasteiger charge is 2.43. The van der Waals surface area contributed by atoms with Crippen LogP contribution in [-0.4, -0.2) is 41.3 Å².